The Morgan fingerprint density at radius 3 is 2.16 bits per heavy atom. The predicted molar refractivity (Wildman–Crippen MR) is 100 cm³/mol. The maximum atomic E-state index is 12.6. The summed E-state index contributed by atoms with van der Waals surface area (Å²) in [6.45, 7) is 6.63. The van der Waals surface area contributed by atoms with E-state index in [0.717, 1.165) is 50.9 Å². The second-order valence-corrected chi connectivity index (χ2v) is 8.07. The fourth-order valence-corrected chi connectivity index (χ4v) is 3.76. The minimum Gasteiger partial charge on any atom is -0.481 e. The van der Waals surface area contributed by atoms with Crippen LogP contribution in [-0.2, 0) is 14.3 Å². The SMILES string of the molecule is CCCCC(CCCCCC(C)C)OC(=O)C1CCCCC1C(=O)O. The maximum absolute atomic E-state index is 12.6. The first-order valence-corrected chi connectivity index (χ1v) is 10.4. The number of carboxylic acids is 1. The van der Waals surface area contributed by atoms with E-state index in [1.807, 2.05) is 0 Å². The summed E-state index contributed by atoms with van der Waals surface area (Å²) in [7, 11) is 0. The summed E-state index contributed by atoms with van der Waals surface area (Å²) in [4.78, 5) is 24.0. The number of rotatable bonds is 12. The molecule has 0 bridgehead atoms. The van der Waals surface area contributed by atoms with Gasteiger partial charge in [-0.2, -0.15) is 0 Å². The highest BCUT2D eigenvalue weighted by molar-refractivity contribution is 5.81. The normalized spacial score (nSPS) is 21.9. The third-order valence-corrected chi connectivity index (χ3v) is 5.36. The Labute approximate surface area is 153 Å². The van der Waals surface area contributed by atoms with Crippen molar-refractivity contribution in [2.75, 3.05) is 0 Å². The van der Waals surface area contributed by atoms with Gasteiger partial charge in [-0.3, -0.25) is 9.59 Å². The van der Waals surface area contributed by atoms with Gasteiger partial charge in [-0.15, -0.1) is 0 Å². The Morgan fingerprint density at radius 1 is 0.960 bits per heavy atom. The van der Waals surface area contributed by atoms with Crippen molar-refractivity contribution in [3.63, 3.8) is 0 Å². The Balaban J connectivity index is 2.48. The average molecular weight is 355 g/mol. The van der Waals surface area contributed by atoms with Crippen LogP contribution < -0.4 is 0 Å². The van der Waals surface area contributed by atoms with Gasteiger partial charge in [0, 0.05) is 0 Å². The second kappa shape index (κ2) is 12.3. The lowest BCUT2D eigenvalue weighted by Gasteiger charge is -2.28. The molecule has 4 heteroatoms. The molecule has 0 spiro atoms. The second-order valence-electron chi connectivity index (χ2n) is 8.07. The minimum atomic E-state index is -0.847. The molecule has 1 aliphatic rings. The number of hydrogen-bond donors (Lipinski definition) is 1. The zero-order valence-corrected chi connectivity index (χ0v) is 16.5. The summed E-state index contributed by atoms with van der Waals surface area (Å²) in [6.07, 6.45) is 11.7. The quantitative estimate of drug-likeness (QED) is 0.367. The van der Waals surface area contributed by atoms with Crippen LogP contribution in [0.2, 0.25) is 0 Å². The number of ether oxygens (including phenoxy) is 1. The molecule has 0 aromatic rings. The van der Waals surface area contributed by atoms with Gasteiger partial charge in [0.15, 0.2) is 0 Å². The van der Waals surface area contributed by atoms with Crippen molar-refractivity contribution in [3.8, 4) is 0 Å². The molecule has 1 rings (SSSR count). The van der Waals surface area contributed by atoms with Gasteiger partial charge in [0.25, 0.3) is 0 Å². The van der Waals surface area contributed by atoms with Gasteiger partial charge in [-0.25, -0.2) is 0 Å². The van der Waals surface area contributed by atoms with E-state index in [1.54, 1.807) is 0 Å². The smallest absolute Gasteiger partial charge is 0.310 e. The molecule has 0 aromatic heterocycles. The molecule has 0 aliphatic heterocycles. The van der Waals surface area contributed by atoms with E-state index in [1.165, 1.54) is 19.3 Å². The van der Waals surface area contributed by atoms with E-state index in [4.69, 9.17) is 4.74 Å². The number of hydrogen-bond acceptors (Lipinski definition) is 3. The van der Waals surface area contributed by atoms with Gasteiger partial charge in [-0.1, -0.05) is 65.7 Å². The number of esters is 1. The van der Waals surface area contributed by atoms with Crippen molar-refractivity contribution in [1.29, 1.82) is 0 Å². The summed E-state index contributed by atoms with van der Waals surface area (Å²) in [5.41, 5.74) is 0. The lowest BCUT2D eigenvalue weighted by molar-refractivity contribution is -0.164. The van der Waals surface area contributed by atoms with Crippen molar-refractivity contribution in [2.24, 2.45) is 17.8 Å². The highest BCUT2D eigenvalue weighted by Gasteiger charge is 2.37. The largest absolute Gasteiger partial charge is 0.481 e. The zero-order valence-electron chi connectivity index (χ0n) is 16.5. The van der Waals surface area contributed by atoms with Crippen molar-refractivity contribution in [3.05, 3.63) is 0 Å². The van der Waals surface area contributed by atoms with Gasteiger partial charge in [-0.05, 0) is 38.0 Å². The molecule has 3 unspecified atom stereocenters. The van der Waals surface area contributed by atoms with Crippen LogP contribution in [0.25, 0.3) is 0 Å². The Kier molecular flexibility index (Phi) is 10.8. The van der Waals surface area contributed by atoms with Crippen molar-refractivity contribution >= 4 is 11.9 Å². The highest BCUT2D eigenvalue weighted by atomic mass is 16.5. The van der Waals surface area contributed by atoms with Crippen LogP contribution >= 0.6 is 0 Å². The standard InChI is InChI=1S/C21H38O4/c1-4-5-12-17(13-8-6-7-11-16(2)3)25-21(24)19-15-10-9-14-18(19)20(22)23/h16-19H,4-15H2,1-3H3,(H,22,23). The molecule has 1 fully saturated rings. The van der Waals surface area contributed by atoms with Gasteiger partial charge in [0.05, 0.1) is 11.8 Å². The lowest BCUT2D eigenvalue weighted by atomic mass is 9.79. The molecular weight excluding hydrogens is 316 g/mol. The highest BCUT2D eigenvalue weighted by Crippen LogP contribution is 2.32. The monoisotopic (exact) mass is 354 g/mol. The van der Waals surface area contributed by atoms with Gasteiger partial charge < -0.3 is 9.84 Å². The first-order valence-electron chi connectivity index (χ1n) is 10.4. The summed E-state index contributed by atoms with van der Waals surface area (Å²) in [6, 6.07) is 0. The van der Waals surface area contributed by atoms with Crippen LogP contribution in [0.5, 0.6) is 0 Å². The van der Waals surface area contributed by atoms with E-state index in [-0.39, 0.29) is 12.1 Å². The van der Waals surface area contributed by atoms with Crippen LogP contribution in [0.4, 0.5) is 0 Å². The molecule has 1 N–H and O–H groups in total. The van der Waals surface area contributed by atoms with E-state index >= 15 is 0 Å². The summed E-state index contributed by atoms with van der Waals surface area (Å²) in [5.74, 6) is -1.38. The van der Waals surface area contributed by atoms with E-state index < -0.39 is 17.8 Å². The Hall–Kier alpha value is -1.06. The minimum absolute atomic E-state index is 0.0390. The van der Waals surface area contributed by atoms with Crippen LogP contribution in [0, 0.1) is 17.8 Å². The van der Waals surface area contributed by atoms with Crippen molar-refractivity contribution in [2.45, 2.75) is 104 Å². The molecule has 0 radical (unpaired) electrons. The number of carbonyl (C=O) groups excluding carboxylic acids is 1. The van der Waals surface area contributed by atoms with E-state index in [0.29, 0.717) is 12.8 Å². The summed E-state index contributed by atoms with van der Waals surface area (Å²) >= 11 is 0. The Morgan fingerprint density at radius 2 is 1.56 bits per heavy atom. The molecular formula is C21H38O4. The maximum Gasteiger partial charge on any atom is 0.310 e. The third-order valence-electron chi connectivity index (χ3n) is 5.36. The number of carbonyl (C=O) groups is 2. The molecule has 0 amide bonds. The Bertz CT molecular complexity index is 391. The molecule has 0 saturated heterocycles. The molecule has 4 nitrogen and oxygen atoms in total. The van der Waals surface area contributed by atoms with Crippen LogP contribution in [0.1, 0.15) is 97.8 Å². The molecule has 0 heterocycles. The molecule has 25 heavy (non-hydrogen) atoms. The molecule has 3 atom stereocenters. The number of aliphatic carboxylic acids is 1. The summed E-state index contributed by atoms with van der Waals surface area (Å²) in [5, 5.41) is 9.37. The lowest BCUT2D eigenvalue weighted by Crippen LogP contribution is -2.35. The number of carboxylic acid groups (broad SMARTS) is 1. The van der Waals surface area contributed by atoms with Crippen molar-refractivity contribution < 1.29 is 19.4 Å². The first kappa shape index (κ1) is 22.0. The molecule has 1 saturated carbocycles. The summed E-state index contributed by atoms with van der Waals surface area (Å²) < 4.78 is 5.80. The van der Waals surface area contributed by atoms with E-state index in [9.17, 15) is 14.7 Å². The third kappa shape index (κ3) is 8.73. The number of unbranched alkanes of at least 4 members (excludes halogenated alkanes) is 3. The first-order chi connectivity index (χ1) is 12.0. The van der Waals surface area contributed by atoms with Crippen LogP contribution in [0.15, 0.2) is 0 Å². The average Bonchev–Trinajstić information content (AvgIpc) is 2.58. The topological polar surface area (TPSA) is 63.6 Å². The zero-order chi connectivity index (χ0) is 18.7. The van der Waals surface area contributed by atoms with E-state index in [2.05, 4.69) is 20.8 Å². The van der Waals surface area contributed by atoms with Gasteiger partial charge >= 0.3 is 11.9 Å². The van der Waals surface area contributed by atoms with Gasteiger partial charge in [0.2, 0.25) is 0 Å². The predicted octanol–water partition coefficient (Wildman–Crippen LogP) is 5.59. The van der Waals surface area contributed by atoms with Gasteiger partial charge in [0.1, 0.15) is 6.10 Å². The fourth-order valence-electron chi connectivity index (χ4n) is 3.76. The van der Waals surface area contributed by atoms with Crippen LogP contribution in [-0.4, -0.2) is 23.1 Å². The van der Waals surface area contributed by atoms with Crippen molar-refractivity contribution in [1.82, 2.24) is 0 Å². The van der Waals surface area contributed by atoms with Crippen LogP contribution in [0.3, 0.4) is 0 Å². The molecule has 146 valence electrons. The fraction of sp³-hybridized carbons (Fsp3) is 0.905. The molecule has 0 aromatic carbocycles. The molecule has 1 aliphatic carbocycles.